The Morgan fingerprint density at radius 2 is 1.86 bits per heavy atom. The molecule has 0 spiro atoms. The Labute approximate surface area is 130 Å². The highest BCUT2D eigenvalue weighted by molar-refractivity contribution is 6.31. The summed E-state index contributed by atoms with van der Waals surface area (Å²) in [7, 11) is 0. The van der Waals surface area contributed by atoms with E-state index in [9.17, 15) is 4.79 Å². The number of nitrogens with zero attached hydrogens (tertiary/aromatic N) is 3. The first-order valence-corrected chi connectivity index (χ1v) is 7.15. The molecule has 2 heterocycles. The number of aromatic amines is 1. The van der Waals surface area contributed by atoms with Crippen LogP contribution in [0.3, 0.4) is 0 Å². The molecule has 5 nitrogen and oxygen atoms in total. The van der Waals surface area contributed by atoms with Crippen LogP contribution in [0.2, 0.25) is 5.02 Å². The van der Waals surface area contributed by atoms with E-state index in [-0.39, 0.29) is 5.56 Å². The number of rotatable bonds is 1. The predicted octanol–water partition coefficient (Wildman–Crippen LogP) is 3.20. The van der Waals surface area contributed by atoms with Crippen molar-refractivity contribution in [2.75, 3.05) is 0 Å². The summed E-state index contributed by atoms with van der Waals surface area (Å²) in [5.41, 5.74) is 2.41. The Hall–Kier alpha value is -2.66. The van der Waals surface area contributed by atoms with Crippen LogP contribution >= 0.6 is 11.6 Å². The molecule has 0 radical (unpaired) electrons. The first-order chi connectivity index (χ1) is 10.6. The third-order valence-electron chi connectivity index (χ3n) is 3.57. The number of aryl methyl sites for hydroxylation is 1. The van der Waals surface area contributed by atoms with Crippen LogP contribution in [-0.2, 0) is 0 Å². The molecule has 2 aromatic heterocycles. The van der Waals surface area contributed by atoms with E-state index in [2.05, 4.69) is 15.1 Å². The highest BCUT2D eigenvalue weighted by Crippen LogP contribution is 2.18. The van der Waals surface area contributed by atoms with E-state index in [1.165, 1.54) is 4.52 Å². The predicted molar refractivity (Wildman–Crippen MR) is 86.3 cm³/mol. The van der Waals surface area contributed by atoms with Crippen LogP contribution in [0.4, 0.5) is 0 Å². The molecule has 0 fully saturated rings. The standard InChI is InChI=1S/C16H11ClN4O/c1-9-2-4-10(5-3-9)14-19-16-18-13-8-11(17)6-7-12(13)15(22)21(16)20-14/h2-8H,1H3,(H,18,19,20). The zero-order valence-electron chi connectivity index (χ0n) is 11.7. The topological polar surface area (TPSA) is 63.1 Å². The van der Waals surface area contributed by atoms with Crippen molar-refractivity contribution in [3.63, 3.8) is 0 Å². The summed E-state index contributed by atoms with van der Waals surface area (Å²) in [4.78, 5) is 21.3. The number of benzene rings is 2. The van der Waals surface area contributed by atoms with Crippen molar-refractivity contribution in [1.29, 1.82) is 0 Å². The Morgan fingerprint density at radius 1 is 1.09 bits per heavy atom. The van der Waals surface area contributed by atoms with Crippen LogP contribution in [-0.4, -0.2) is 19.6 Å². The van der Waals surface area contributed by atoms with E-state index >= 15 is 0 Å². The van der Waals surface area contributed by atoms with Crippen molar-refractivity contribution in [3.05, 3.63) is 63.4 Å². The molecule has 108 valence electrons. The van der Waals surface area contributed by atoms with Crippen molar-refractivity contribution in [3.8, 4) is 11.4 Å². The Bertz CT molecular complexity index is 1060. The normalized spacial score (nSPS) is 11.4. The monoisotopic (exact) mass is 310 g/mol. The first kappa shape index (κ1) is 13.0. The van der Waals surface area contributed by atoms with Crippen LogP contribution < -0.4 is 5.56 Å². The van der Waals surface area contributed by atoms with Gasteiger partial charge in [0.2, 0.25) is 0 Å². The number of fused-ring (bicyclic) bond motifs is 2. The van der Waals surface area contributed by atoms with E-state index in [1.807, 2.05) is 31.2 Å². The molecular weight excluding hydrogens is 300 g/mol. The molecule has 0 saturated heterocycles. The molecule has 0 aliphatic carbocycles. The molecule has 22 heavy (non-hydrogen) atoms. The van der Waals surface area contributed by atoms with Gasteiger partial charge in [0.1, 0.15) is 0 Å². The molecule has 0 amide bonds. The summed E-state index contributed by atoms with van der Waals surface area (Å²) in [5.74, 6) is 0.932. The minimum absolute atomic E-state index is 0.192. The molecule has 0 unspecified atom stereocenters. The van der Waals surface area contributed by atoms with Gasteiger partial charge in [-0.25, -0.2) is 4.98 Å². The lowest BCUT2D eigenvalue weighted by molar-refractivity contribution is 0.919. The lowest BCUT2D eigenvalue weighted by Gasteiger charge is -1.97. The van der Waals surface area contributed by atoms with E-state index in [0.29, 0.717) is 27.5 Å². The van der Waals surface area contributed by atoms with Gasteiger partial charge in [0.05, 0.1) is 10.9 Å². The molecule has 0 aliphatic heterocycles. The zero-order chi connectivity index (χ0) is 15.3. The Morgan fingerprint density at radius 3 is 2.64 bits per heavy atom. The number of hydrogen-bond acceptors (Lipinski definition) is 3. The first-order valence-electron chi connectivity index (χ1n) is 6.77. The van der Waals surface area contributed by atoms with Crippen LogP contribution in [0, 0.1) is 6.92 Å². The van der Waals surface area contributed by atoms with Gasteiger partial charge in [-0.15, -0.1) is 0 Å². The number of H-pyrrole nitrogens is 1. The second-order valence-electron chi connectivity index (χ2n) is 5.15. The van der Waals surface area contributed by atoms with E-state index in [4.69, 9.17) is 11.6 Å². The van der Waals surface area contributed by atoms with E-state index < -0.39 is 0 Å². The maximum Gasteiger partial charge on any atom is 0.281 e. The van der Waals surface area contributed by atoms with Gasteiger partial charge < -0.3 is 0 Å². The molecule has 0 bridgehead atoms. The SMILES string of the molecule is Cc1ccc(-c2nc3nc4cc(Cl)ccc4c(=O)n3[nH]2)cc1. The summed E-state index contributed by atoms with van der Waals surface area (Å²) < 4.78 is 1.35. The fourth-order valence-corrected chi connectivity index (χ4v) is 2.56. The maximum atomic E-state index is 12.5. The highest BCUT2D eigenvalue weighted by Gasteiger charge is 2.11. The lowest BCUT2D eigenvalue weighted by Crippen LogP contribution is -2.15. The average molecular weight is 311 g/mol. The molecule has 4 rings (SSSR count). The molecule has 6 heteroatoms. The third kappa shape index (κ3) is 1.98. The van der Waals surface area contributed by atoms with Crippen molar-refractivity contribution < 1.29 is 0 Å². The van der Waals surface area contributed by atoms with Gasteiger partial charge in [-0.3, -0.25) is 9.89 Å². The van der Waals surface area contributed by atoms with Crippen molar-refractivity contribution in [2.24, 2.45) is 0 Å². The molecule has 1 N–H and O–H groups in total. The number of nitrogens with one attached hydrogen (secondary N) is 1. The minimum atomic E-state index is -0.192. The van der Waals surface area contributed by atoms with Gasteiger partial charge in [0.15, 0.2) is 5.82 Å². The van der Waals surface area contributed by atoms with Gasteiger partial charge in [-0.2, -0.15) is 9.50 Å². The summed E-state index contributed by atoms with van der Waals surface area (Å²) in [5, 5.41) is 4.04. The number of aromatic nitrogens is 4. The second kappa shape index (κ2) is 4.68. The highest BCUT2D eigenvalue weighted by atomic mass is 35.5. The van der Waals surface area contributed by atoms with Crippen molar-refractivity contribution in [2.45, 2.75) is 6.92 Å². The lowest BCUT2D eigenvalue weighted by atomic mass is 10.1. The van der Waals surface area contributed by atoms with Crippen molar-refractivity contribution in [1.82, 2.24) is 19.6 Å². The van der Waals surface area contributed by atoms with E-state index in [0.717, 1.165) is 11.1 Å². The summed E-state index contributed by atoms with van der Waals surface area (Å²) in [6.07, 6.45) is 0. The van der Waals surface area contributed by atoms with Crippen LogP contribution in [0.5, 0.6) is 0 Å². The smallest absolute Gasteiger partial charge is 0.271 e. The molecule has 2 aromatic carbocycles. The van der Waals surface area contributed by atoms with Gasteiger partial charge in [0.25, 0.3) is 11.3 Å². The fraction of sp³-hybridized carbons (Fsp3) is 0.0625. The Kier molecular flexibility index (Phi) is 2.77. The van der Waals surface area contributed by atoms with Crippen LogP contribution in [0.1, 0.15) is 5.56 Å². The number of halogens is 1. The van der Waals surface area contributed by atoms with Crippen LogP contribution in [0.25, 0.3) is 28.1 Å². The largest absolute Gasteiger partial charge is 0.281 e. The van der Waals surface area contributed by atoms with Crippen LogP contribution in [0.15, 0.2) is 47.3 Å². The third-order valence-corrected chi connectivity index (χ3v) is 3.80. The van der Waals surface area contributed by atoms with E-state index in [1.54, 1.807) is 18.2 Å². The molecule has 4 aromatic rings. The van der Waals surface area contributed by atoms with Gasteiger partial charge in [-0.05, 0) is 25.1 Å². The minimum Gasteiger partial charge on any atom is -0.271 e. The summed E-state index contributed by atoms with van der Waals surface area (Å²) in [6, 6.07) is 12.9. The second-order valence-corrected chi connectivity index (χ2v) is 5.59. The average Bonchev–Trinajstić information content (AvgIpc) is 2.92. The van der Waals surface area contributed by atoms with Gasteiger partial charge >= 0.3 is 0 Å². The summed E-state index contributed by atoms with van der Waals surface area (Å²) in [6.45, 7) is 2.02. The summed E-state index contributed by atoms with van der Waals surface area (Å²) >= 11 is 5.96. The van der Waals surface area contributed by atoms with Crippen molar-refractivity contribution >= 4 is 28.3 Å². The maximum absolute atomic E-state index is 12.5. The quantitative estimate of drug-likeness (QED) is 0.587. The Balaban J connectivity index is 2.01. The van der Waals surface area contributed by atoms with Gasteiger partial charge in [0, 0.05) is 10.6 Å². The number of hydrogen-bond donors (Lipinski definition) is 1. The fourth-order valence-electron chi connectivity index (χ4n) is 2.39. The molecule has 0 saturated carbocycles. The molecular formula is C16H11ClN4O. The molecule has 0 aliphatic rings. The zero-order valence-corrected chi connectivity index (χ0v) is 12.4. The molecule has 0 atom stereocenters. The van der Waals surface area contributed by atoms with Gasteiger partial charge in [-0.1, -0.05) is 41.4 Å².